The van der Waals surface area contributed by atoms with Crippen molar-refractivity contribution in [3.05, 3.63) is 26.3 Å². The normalized spacial score (nSPS) is 17.1. The fraction of sp³-hybridized carbons (Fsp3) is 0.760. The number of aryl methyl sites for hydroxylation is 2. The van der Waals surface area contributed by atoms with E-state index in [1.807, 2.05) is 11.3 Å². The summed E-state index contributed by atoms with van der Waals surface area (Å²) in [5.74, 6) is 1.25. The molecule has 0 spiro atoms. The summed E-state index contributed by atoms with van der Waals surface area (Å²) in [4.78, 5) is 4.41. The van der Waals surface area contributed by atoms with Gasteiger partial charge >= 0.3 is 0 Å². The second kappa shape index (κ2) is 10.8. The molecule has 2 nitrogen and oxygen atoms in total. The van der Waals surface area contributed by atoms with Gasteiger partial charge in [-0.2, -0.15) is 10.2 Å². The molecule has 0 fully saturated rings. The van der Waals surface area contributed by atoms with Gasteiger partial charge in [0.25, 0.3) is 0 Å². The van der Waals surface area contributed by atoms with Crippen LogP contribution in [0.2, 0.25) is 0 Å². The monoisotopic (exact) mass is 441 g/mol. The zero-order chi connectivity index (χ0) is 22.5. The molecule has 0 aliphatic rings. The quantitative estimate of drug-likeness (QED) is 0.369. The molecule has 1 aromatic rings. The largest absolute Gasteiger partial charge is 0.376 e. The average molecular weight is 442 g/mol. The number of allylic oxidation sites excluding steroid dienone is 2. The third-order valence-electron chi connectivity index (χ3n) is 5.16. The molecule has 0 saturated carbocycles. The van der Waals surface area contributed by atoms with Crippen molar-refractivity contribution in [1.29, 1.82) is 0 Å². The molecule has 0 amide bonds. The van der Waals surface area contributed by atoms with Gasteiger partial charge in [0.2, 0.25) is 0 Å². The van der Waals surface area contributed by atoms with E-state index in [1.165, 1.54) is 45.9 Å². The van der Waals surface area contributed by atoms with Crippen LogP contribution >= 0.6 is 21.6 Å². The van der Waals surface area contributed by atoms with Crippen molar-refractivity contribution in [2.24, 2.45) is 0 Å². The summed E-state index contributed by atoms with van der Waals surface area (Å²) < 4.78 is 9.90. The van der Waals surface area contributed by atoms with E-state index >= 15 is 0 Å². The van der Waals surface area contributed by atoms with Gasteiger partial charge in [0, 0.05) is 21.9 Å². The Bertz CT molecular complexity index is 676. The topological polar surface area (TPSA) is 21.3 Å². The lowest BCUT2D eigenvalue weighted by Gasteiger charge is -2.45. The van der Waals surface area contributed by atoms with Crippen molar-refractivity contribution >= 4 is 27.1 Å². The number of thiophene rings is 1. The zero-order valence-electron chi connectivity index (χ0n) is 21.0. The molecule has 1 heterocycles. The first-order chi connectivity index (χ1) is 13.1. The van der Waals surface area contributed by atoms with Crippen LogP contribution in [-0.4, -0.2) is 29.8 Å². The highest BCUT2D eigenvalue weighted by molar-refractivity contribution is 8.34. The summed E-state index contributed by atoms with van der Waals surface area (Å²) in [6, 6.07) is 2.37. The van der Waals surface area contributed by atoms with E-state index in [4.69, 9.17) is 4.74 Å². The molecular weight excluding hydrogens is 394 g/mol. The average Bonchev–Trinajstić information content (AvgIpc) is 2.88. The standard InChI is InChI=1S/C25H47NOS2/c1-19-18-23(21(3)28-19)20(2)22(4)29(11,26-24(5,6)7)17-15-13-12-14-16-27-25(8,9)10/h18,26H,12-17H2,1-11H3/b22-20-. The number of ether oxygens (including phenoxy) is 1. The van der Waals surface area contributed by atoms with Crippen molar-refractivity contribution in [3.8, 4) is 0 Å². The first-order valence-electron chi connectivity index (χ1n) is 11.1. The smallest absolute Gasteiger partial charge is 0.0598 e. The predicted octanol–water partition coefficient (Wildman–Crippen LogP) is 8.23. The van der Waals surface area contributed by atoms with Gasteiger partial charge in [-0.25, -0.2) is 0 Å². The van der Waals surface area contributed by atoms with E-state index in [1.54, 1.807) is 4.91 Å². The Hall–Kier alpha value is -0.290. The Morgan fingerprint density at radius 2 is 1.59 bits per heavy atom. The first-order valence-corrected chi connectivity index (χ1v) is 14.1. The number of nitrogens with one attached hydrogen (secondary N) is 1. The molecule has 170 valence electrons. The lowest BCUT2D eigenvalue weighted by atomic mass is 10.1. The lowest BCUT2D eigenvalue weighted by molar-refractivity contribution is -0.00470. The van der Waals surface area contributed by atoms with E-state index in [0.717, 1.165) is 13.0 Å². The first kappa shape index (κ1) is 26.7. The summed E-state index contributed by atoms with van der Waals surface area (Å²) in [5.41, 5.74) is 3.02. The molecule has 0 aliphatic heterocycles. The van der Waals surface area contributed by atoms with Crippen molar-refractivity contribution in [3.63, 3.8) is 0 Å². The minimum Gasteiger partial charge on any atom is -0.376 e. The third-order valence-corrected chi connectivity index (χ3v) is 9.95. The van der Waals surface area contributed by atoms with Crippen molar-refractivity contribution in [2.75, 3.05) is 18.6 Å². The van der Waals surface area contributed by atoms with Crippen LogP contribution in [0.1, 0.15) is 96.4 Å². The second-order valence-electron chi connectivity index (χ2n) is 10.5. The van der Waals surface area contributed by atoms with E-state index in [2.05, 4.69) is 86.3 Å². The van der Waals surface area contributed by atoms with Crippen molar-refractivity contribution < 1.29 is 4.74 Å². The van der Waals surface area contributed by atoms with Crippen LogP contribution in [-0.2, 0) is 4.74 Å². The van der Waals surface area contributed by atoms with E-state index in [0.29, 0.717) is 0 Å². The van der Waals surface area contributed by atoms with Crippen LogP contribution in [0.4, 0.5) is 0 Å². The van der Waals surface area contributed by atoms with Gasteiger partial charge in [0.15, 0.2) is 0 Å². The molecule has 0 bridgehead atoms. The van der Waals surface area contributed by atoms with Crippen LogP contribution in [0.5, 0.6) is 0 Å². The van der Waals surface area contributed by atoms with E-state index in [9.17, 15) is 0 Å². The van der Waals surface area contributed by atoms with Crippen LogP contribution in [0.25, 0.3) is 5.57 Å². The van der Waals surface area contributed by atoms with E-state index in [-0.39, 0.29) is 11.1 Å². The van der Waals surface area contributed by atoms with Gasteiger partial charge in [-0.05, 0) is 116 Å². The molecule has 0 aromatic carbocycles. The van der Waals surface area contributed by atoms with Gasteiger partial charge < -0.3 is 4.74 Å². The number of rotatable bonds is 10. The maximum atomic E-state index is 5.86. The van der Waals surface area contributed by atoms with Crippen LogP contribution < -0.4 is 4.72 Å². The SMILES string of the molecule is C/C(=C(\C)S(C)(CCCCCCOC(C)(C)C)NC(C)(C)C)c1cc(C)sc1C. The zero-order valence-corrected chi connectivity index (χ0v) is 22.7. The molecular formula is C25H47NOS2. The fourth-order valence-electron chi connectivity index (χ4n) is 3.71. The number of hydrogen-bond acceptors (Lipinski definition) is 3. The van der Waals surface area contributed by atoms with Crippen LogP contribution in [0.15, 0.2) is 11.0 Å². The molecule has 29 heavy (non-hydrogen) atoms. The number of hydrogen-bond donors (Lipinski definition) is 1. The molecule has 1 atom stereocenters. The lowest BCUT2D eigenvalue weighted by Crippen LogP contribution is -2.39. The van der Waals surface area contributed by atoms with Crippen LogP contribution in [0.3, 0.4) is 0 Å². The van der Waals surface area contributed by atoms with Gasteiger partial charge in [-0.1, -0.05) is 12.8 Å². The highest BCUT2D eigenvalue weighted by Gasteiger charge is 2.27. The Labute approximate surface area is 187 Å². The molecule has 4 heteroatoms. The minimum absolute atomic E-state index is 0.0169. The Kier molecular flexibility index (Phi) is 9.99. The van der Waals surface area contributed by atoms with Crippen molar-refractivity contribution in [2.45, 2.75) is 106 Å². The fourth-order valence-corrected chi connectivity index (χ4v) is 8.17. The number of unbranched alkanes of at least 4 members (excludes halogenated alkanes) is 3. The summed E-state index contributed by atoms with van der Waals surface area (Å²) in [6.45, 7) is 23.3. The maximum Gasteiger partial charge on any atom is 0.0598 e. The Morgan fingerprint density at radius 3 is 2.07 bits per heavy atom. The molecule has 1 aromatic heterocycles. The maximum absolute atomic E-state index is 5.86. The van der Waals surface area contributed by atoms with Gasteiger partial charge in [0.1, 0.15) is 0 Å². The summed E-state index contributed by atoms with van der Waals surface area (Å²) in [5, 5.41) is 0. The van der Waals surface area contributed by atoms with Gasteiger partial charge in [0.05, 0.1) is 5.60 Å². The van der Waals surface area contributed by atoms with Gasteiger partial charge in [-0.15, -0.1) is 11.3 Å². The molecule has 0 aliphatic carbocycles. The Balaban J connectivity index is 2.82. The molecule has 1 rings (SSSR count). The second-order valence-corrected chi connectivity index (χ2v) is 15.4. The molecule has 1 unspecified atom stereocenters. The third kappa shape index (κ3) is 9.59. The predicted molar refractivity (Wildman–Crippen MR) is 138 cm³/mol. The van der Waals surface area contributed by atoms with E-state index < -0.39 is 10.2 Å². The Morgan fingerprint density at radius 1 is 1.00 bits per heavy atom. The highest BCUT2D eigenvalue weighted by atomic mass is 32.3. The van der Waals surface area contributed by atoms with Gasteiger partial charge in [-0.3, -0.25) is 4.72 Å². The summed E-state index contributed by atoms with van der Waals surface area (Å²) >= 11 is 1.91. The van der Waals surface area contributed by atoms with Crippen LogP contribution in [0, 0.1) is 13.8 Å². The highest BCUT2D eigenvalue weighted by Crippen LogP contribution is 2.53. The summed E-state index contributed by atoms with van der Waals surface area (Å²) in [6.07, 6.45) is 7.46. The molecule has 0 radical (unpaired) electrons. The minimum atomic E-state index is -1.04. The molecule has 0 saturated heterocycles. The summed E-state index contributed by atoms with van der Waals surface area (Å²) in [7, 11) is -1.04. The molecule has 1 N–H and O–H groups in total. The van der Waals surface area contributed by atoms with Crippen molar-refractivity contribution in [1.82, 2.24) is 4.72 Å².